The molecule has 0 aliphatic carbocycles. The summed E-state index contributed by atoms with van der Waals surface area (Å²) in [4.78, 5) is 1.19. The van der Waals surface area contributed by atoms with Crippen molar-refractivity contribution in [2.75, 3.05) is 5.75 Å². The lowest BCUT2D eigenvalue weighted by molar-refractivity contribution is 0.318. The molecule has 0 heterocycles. The Morgan fingerprint density at radius 3 is 2.67 bits per heavy atom. The van der Waals surface area contributed by atoms with Gasteiger partial charge in [0.2, 0.25) is 0 Å². The van der Waals surface area contributed by atoms with Gasteiger partial charge < -0.3 is 5.21 Å². The van der Waals surface area contributed by atoms with Gasteiger partial charge in [-0.25, -0.2) is 0 Å². The van der Waals surface area contributed by atoms with Crippen molar-refractivity contribution in [2.24, 2.45) is 5.16 Å². The average molecular weight is 181 g/mol. The zero-order valence-corrected chi connectivity index (χ0v) is 7.71. The number of oxime groups is 1. The maximum absolute atomic E-state index is 8.39. The number of rotatable bonds is 3. The number of hydrogen-bond acceptors (Lipinski definition) is 3. The van der Waals surface area contributed by atoms with Crippen molar-refractivity contribution in [1.29, 1.82) is 0 Å². The number of thioether (sulfide) groups is 1. The predicted octanol–water partition coefficient (Wildman–Crippen LogP) is 2.63. The summed E-state index contributed by atoms with van der Waals surface area (Å²) in [5.41, 5.74) is 0.740. The summed E-state index contributed by atoms with van der Waals surface area (Å²) in [7, 11) is 0. The van der Waals surface area contributed by atoms with Crippen LogP contribution in [0.2, 0.25) is 0 Å². The van der Waals surface area contributed by atoms with Crippen LogP contribution in [0, 0.1) is 0 Å². The van der Waals surface area contributed by atoms with Gasteiger partial charge in [-0.1, -0.05) is 23.4 Å². The fraction of sp³-hybridized carbons (Fsp3) is 0.222. The molecule has 2 nitrogen and oxygen atoms in total. The summed E-state index contributed by atoms with van der Waals surface area (Å²) in [6, 6.07) is 10.0. The van der Waals surface area contributed by atoms with Crippen molar-refractivity contribution < 1.29 is 5.21 Å². The highest BCUT2D eigenvalue weighted by molar-refractivity contribution is 8.00. The summed E-state index contributed by atoms with van der Waals surface area (Å²) in [6.45, 7) is 1.80. The molecule has 12 heavy (non-hydrogen) atoms. The van der Waals surface area contributed by atoms with Gasteiger partial charge >= 0.3 is 0 Å². The van der Waals surface area contributed by atoms with Gasteiger partial charge in [0.25, 0.3) is 0 Å². The minimum atomic E-state index is 0.737. The van der Waals surface area contributed by atoms with Gasteiger partial charge in [-0.15, -0.1) is 11.8 Å². The summed E-state index contributed by atoms with van der Waals surface area (Å²) in [5.74, 6) is 0.737. The van der Waals surface area contributed by atoms with Crippen LogP contribution in [0.15, 0.2) is 40.4 Å². The van der Waals surface area contributed by atoms with E-state index in [1.165, 1.54) is 4.90 Å². The highest BCUT2D eigenvalue weighted by Gasteiger charge is 1.94. The zero-order valence-electron chi connectivity index (χ0n) is 6.90. The summed E-state index contributed by atoms with van der Waals surface area (Å²) in [5, 5.41) is 11.5. The van der Waals surface area contributed by atoms with Crippen LogP contribution in [-0.2, 0) is 0 Å². The number of nitrogens with zero attached hydrogens (tertiary/aromatic N) is 1. The van der Waals surface area contributed by atoms with Crippen molar-refractivity contribution in [3.63, 3.8) is 0 Å². The van der Waals surface area contributed by atoms with Gasteiger partial charge in [-0.2, -0.15) is 0 Å². The fourth-order valence-corrected chi connectivity index (χ4v) is 1.52. The van der Waals surface area contributed by atoms with Crippen molar-refractivity contribution in [3.8, 4) is 0 Å². The molecular formula is C9H11NOS. The molecule has 1 aromatic carbocycles. The molecule has 1 N–H and O–H groups in total. The van der Waals surface area contributed by atoms with Crippen LogP contribution in [0.3, 0.4) is 0 Å². The molecule has 0 bridgehead atoms. The third kappa shape index (κ3) is 2.96. The Morgan fingerprint density at radius 2 is 2.08 bits per heavy atom. The maximum Gasteiger partial charge on any atom is 0.0642 e. The van der Waals surface area contributed by atoms with Crippen molar-refractivity contribution in [3.05, 3.63) is 30.3 Å². The molecule has 0 aromatic heterocycles. The molecule has 0 spiro atoms. The second kappa shape index (κ2) is 4.83. The molecule has 1 rings (SSSR count). The van der Waals surface area contributed by atoms with E-state index in [0.717, 1.165) is 11.5 Å². The minimum Gasteiger partial charge on any atom is -0.411 e. The van der Waals surface area contributed by atoms with Crippen LogP contribution < -0.4 is 0 Å². The second-order valence-electron chi connectivity index (χ2n) is 2.44. The first-order chi connectivity index (χ1) is 5.83. The monoisotopic (exact) mass is 181 g/mol. The topological polar surface area (TPSA) is 32.6 Å². The van der Waals surface area contributed by atoms with E-state index in [4.69, 9.17) is 5.21 Å². The van der Waals surface area contributed by atoms with Gasteiger partial charge in [0.05, 0.1) is 5.71 Å². The van der Waals surface area contributed by atoms with Gasteiger partial charge in [0.15, 0.2) is 0 Å². The molecule has 0 aliphatic rings. The Labute approximate surface area is 76.3 Å². The smallest absolute Gasteiger partial charge is 0.0642 e. The van der Waals surface area contributed by atoms with E-state index in [1.807, 2.05) is 30.3 Å². The molecular weight excluding hydrogens is 170 g/mol. The Morgan fingerprint density at radius 1 is 1.42 bits per heavy atom. The lowest BCUT2D eigenvalue weighted by atomic mass is 10.4. The summed E-state index contributed by atoms with van der Waals surface area (Å²) < 4.78 is 0. The largest absolute Gasteiger partial charge is 0.411 e. The van der Waals surface area contributed by atoms with E-state index in [-0.39, 0.29) is 0 Å². The lowest BCUT2D eigenvalue weighted by Gasteiger charge is -1.98. The first-order valence-electron chi connectivity index (χ1n) is 3.68. The van der Waals surface area contributed by atoms with E-state index < -0.39 is 0 Å². The second-order valence-corrected chi connectivity index (χ2v) is 3.49. The van der Waals surface area contributed by atoms with Crippen molar-refractivity contribution >= 4 is 17.5 Å². The number of benzene rings is 1. The molecule has 0 saturated carbocycles. The third-order valence-electron chi connectivity index (χ3n) is 1.36. The molecule has 3 heteroatoms. The van der Waals surface area contributed by atoms with Crippen LogP contribution in [0.1, 0.15) is 6.92 Å². The average Bonchev–Trinajstić information content (AvgIpc) is 2.16. The van der Waals surface area contributed by atoms with Gasteiger partial charge in [-0.05, 0) is 19.1 Å². The molecule has 1 aromatic rings. The van der Waals surface area contributed by atoms with Crippen molar-refractivity contribution in [1.82, 2.24) is 0 Å². The Balaban J connectivity index is 2.44. The maximum atomic E-state index is 8.39. The Bertz CT molecular complexity index is 258. The molecule has 0 radical (unpaired) electrons. The van der Waals surface area contributed by atoms with E-state index in [2.05, 4.69) is 5.16 Å². The third-order valence-corrected chi connectivity index (χ3v) is 2.53. The normalized spacial score (nSPS) is 11.6. The molecule has 0 fully saturated rings. The minimum absolute atomic E-state index is 0.737. The van der Waals surface area contributed by atoms with Gasteiger partial charge in [0, 0.05) is 10.6 Å². The van der Waals surface area contributed by atoms with E-state index in [1.54, 1.807) is 18.7 Å². The lowest BCUT2D eigenvalue weighted by Crippen LogP contribution is -1.93. The van der Waals surface area contributed by atoms with Crippen molar-refractivity contribution in [2.45, 2.75) is 11.8 Å². The summed E-state index contributed by atoms with van der Waals surface area (Å²) in [6.07, 6.45) is 0. The summed E-state index contributed by atoms with van der Waals surface area (Å²) >= 11 is 1.66. The van der Waals surface area contributed by atoms with Crippen LogP contribution in [0.4, 0.5) is 0 Å². The van der Waals surface area contributed by atoms with Gasteiger partial charge in [-0.3, -0.25) is 0 Å². The number of hydrogen-bond donors (Lipinski definition) is 1. The SMILES string of the molecule is CC(CSc1ccccc1)=NO. The first kappa shape index (κ1) is 9.13. The van der Waals surface area contributed by atoms with Crippen LogP contribution >= 0.6 is 11.8 Å². The fourth-order valence-electron chi connectivity index (χ4n) is 0.733. The van der Waals surface area contributed by atoms with E-state index in [0.29, 0.717) is 0 Å². The quantitative estimate of drug-likeness (QED) is 0.336. The van der Waals surface area contributed by atoms with Crippen LogP contribution in [0.25, 0.3) is 0 Å². The van der Waals surface area contributed by atoms with E-state index in [9.17, 15) is 0 Å². The molecule has 0 unspecified atom stereocenters. The first-order valence-corrected chi connectivity index (χ1v) is 4.67. The Hall–Kier alpha value is -0.960. The Kier molecular flexibility index (Phi) is 3.67. The highest BCUT2D eigenvalue weighted by atomic mass is 32.2. The van der Waals surface area contributed by atoms with Crippen LogP contribution in [0.5, 0.6) is 0 Å². The van der Waals surface area contributed by atoms with Crippen LogP contribution in [-0.4, -0.2) is 16.7 Å². The van der Waals surface area contributed by atoms with E-state index >= 15 is 0 Å². The zero-order chi connectivity index (χ0) is 8.81. The molecule has 0 atom stereocenters. The predicted molar refractivity (Wildman–Crippen MR) is 52.1 cm³/mol. The highest BCUT2D eigenvalue weighted by Crippen LogP contribution is 2.16. The standard InChI is InChI=1S/C9H11NOS/c1-8(10-11)7-12-9-5-3-2-4-6-9/h2-6,11H,7H2,1H3. The molecule has 0 aliphatic heterocycles. The van der Waals surface area contributed by atoms with Gasteiger partial charge in [0.1, 0.15) is 0 Å². The molecule has 64 valence electrons. The molecule has 0 saturated heterocycles. The molecule has 0 amide bonds.